The lowest BCUT2D eigenvalue weighted by Gasteiger charge is -2.17. The van der Waals surface area contributed by atoms with Crippen LogP contribution in [-0.2, 0) is 11.8 Å². The van der Waals surface area contributed by atoms with Crippen molar-refractivity contribution in [1.29, 1.82) is 0 Å². The van der Waals surface area contributed by atoms with Gasteiger partial charge in [0.1, 0.15) is 5.75 Å². The second-order valence-corrected chi connectivity index (χ2v) is 10.1. The third kappa shape index (κ3) is 7.30. The van der Waals surface area contributed by atoms with E-state index >= 15 is 0 Å². The van der Waals surface area contributed by atoms with E-state index in [2.05, 4.69) is 25.7 Å². The number of hydrogen-bond acceptors (Lipinski definition) is 8. The number of amides is 1. The van der Waals surface area contributed by atoms with Gasteiger partial charge in [-0.15, -0.1) is 11.8 Å². The van der Waals surface area contributed by atoms with Crippen molar-refractivity contribution in [3.05, 3.63) is 60.8 Å². The minimum Gasteiger partial charge on any atom is -0.495 e. The minimum atomic E-state index is -4.60. The van der Waals surface area contributed by atoms with Gasteiger partial charge in [0, 0.05) is 48.0 Å². The largest absolute Gasteiger partial charge is 0.495 e. The summed E-state index contributed by atoms with van der Waals surface area (Å²) in [6, 6.07) is 12.8. The number of allylic oxidation sites excluding steroid dienone is 1. The van der Waals surface area contributed by atoms with Gasteiger partial charge in [-0.1, -0.05) is 18.2 Å². The molecule has 0 radical (unpaired) electrons. The van der Waals surface area contributed by atoms with E-state index in [1.807, 2.05) is 50.3 Å². The van der Waals surface area contributed by atoms with Crippen molar-refractivity contribution in [1.82, 2.24) is 24.6 Å². The van der Waals surface area contributed by atoms with Crippen molar-refractivity contribution in [2.45, 2.75) is 11.1 Å². The Labute approximate surface area is 233 Å². The maximum atomic E-state index is 12.6. The second kappa shape index (κ2) is 12.4. The van der Waals surface area contributed by atoms with Crippen LogP contribution in [0, 0.1) is 0 Å². The van der Waals surface area contributed by atoms with Crippen molar-refractivity contribution in [2.75, 3.05) is 44.1 Å². The number of aryl methyl sites for hydroxylation is 1. The Morgan fingerprint density at radius 3 is 2.67 bits per heavy atom. The normalized spacial score (nSPS) is 11.9. The van der Waals surface area contributed by atoms with Gasteiger partial charge in [0.2, 0.25) is 11.9 Å². The van der Waals surface area contributed by atoms with Crippen molar-refractivity contribution >= 4 is 45.9 Å². The number of rotatable bonds is 10. The number of fused-ring (bicyclic) bond motifs is 1. The maximum Gasteiger partial charge on any atom is 0.409 e. The maximum absolute atomic E-state index is 12.6. The van der Waals surface area contributed by atoms with Crippen LogP contribution in [0.3, 0.4) is 0 Å². The monoisotopic (exact) mass is 571 g/mol. The highest BCUT2D eigenvalue weighted by Gasteiger charge is 2.23. The van der Waals surface area contributed by atoms with Crippen LogP contribution in [0.2, 0.25) is 0 Å². The van der Waals surface area contributed by atoms with Crippen LogP contribution in [0.15, 0.2) is 65.7 Å². The number of carbonyl (C=O) groups excluding carboxylic acids is 1. The molecule has 40 heavy (non-hydrogen) atoms. The van der Waals surface area contributed by atoms with Gasteiger partial charge in [0.25, 0.3) is 0 Å². The Morgan fingerprint density at radius 2 is 1.95 bits per heavy atom. The van der Waals surface area contributed by atoms with Crippen LogP contribution >= 0.6 is 11.8 Å². The summed E-state index contributed by atoms with van der Waals surface area (Å²) in [5, 5.41) is 11.1. The van der Waals surface area contributed by atoms with Gasteiger partial charge in [-0.25, -0.2) is 9.97 Å². The van der Waals surface area contributed by atoms with E-state index < -0.39 is 12.1 Å². The van der Waals surface area contributed by atoms with E-state index in [0.717, 1.165) is 23.1 Å². The zero-order valence-corrected chi connectivity index (χ0v) is 23.1. The van der Waals surface area contributed by atoms with Gasteiger partial charge >= 0.3 is 6.18 Å². The molecular formula is C27H28F3N7O2S. The number of hydrogen-bond donors (Lipinski definition) is 2. The average molecular weight is 572 g/mol. The standard InChI is InChI=1S/C27H28F3N7O2S/c1-36(2)13-14-40-23-16-22(39-4)20(15-21(23)32-24(38)9-11-27(28,29)30)34-26-31-12-10-19(33-26)25-17-7-5-6-8-18(17)35-37(25)3/h5-12,15-16H,13-14H2,1-4H3,(H,32,38)(H,31,33,34)/b11-9+. The highest BCUT2D eigenvalue weighted by atomic mass is 32.2. The molecule has 1 amide bonds. The molecule has 0 bridgehead atoms. The third-order valence-electron chi connectivity index (χ3n) is 5.66. The molecule has 9 nitrogen and oxygen atoms in total. The molecule has 2 aromatic carbocycles. The van der Waals surface area contributed by atoms with Gasteiger partial charge in [-0.05, 0) is 38.4 Å². The van der Waals surface area contributed by atoms with E-state index in [-0.39, 0.29) is 12.0 Å². The van der Waals surface area contributed by atoms with Gasteiger partial charge in [-0.2, -0.15) is 18.3 Å². The van der Waals surface area contributed by atoms with Crippen molar-refractivity contribution in [3.8, 4) is 17.1 Å². The molecule has 2 heterocycles. The molecule has 2 aromatic heterocycles. The first-order valence-electron chi connectivity index (χ1n) is 12.1. The average Bonchev–Trinajstić information content (AvgIpc) is 3.24. The molecule has 0 atom stereocenters. The first-order valence-corrected chi connectivity index (χ1v) is 13.1. The first-order chi connectivity index (χ1) is 19.0. The highest BCUT2D eigenvalue weighted by molar-refractivity contribution is 7.99. The zero-order valence-electron chi connectivity index (χ0n) is 22.3. The summed E-state index contributed by atoms with van der Waals surface area (Å²) in [5.41, 5.74) is 3.01. The van der Waals surface area contributed by atoms with Crippen LogP contribution in [0.1, 0.15) is 0 Å². The first kappa shape index (κ1) is 28.9. The molecule has 4 rings (SSSR count). The molecule has 2 N–H and O–H groups in total. The number of methoxy groups -OCH3 is 1. The summed E-state index contributed by atoms with van der Waals surface area (Å²) >= 11 is 1.44. The summed E-state index contributed by atoms with van der Waals surface area (Å²) in [7, 11) is 7.20. The quantitative estimate of drug-likeness (QED) is 0.191. The predicted molar refractivity (Wildman–Crippen MR) is 151 cm³/mol. The number of benzene rings is 2. The summed E-state index contributed by atoms with van der Waals surface area (Å²) in [6.45, 7) is 0.748. The predicted octanol–water partition coefficient (Wildman–Crippen LogP) is 5.49. The Bertz CT molecular complexity index is 1540. The number of nitrogens with zero attached hydrogens (tertiary/aromatic N) is 5. The Kier molecular flexibility index (Phi) is 8.95. The van der Waals surface area contributed by atoms with Crippen LogP contribution in [0.25, 0.3) is 22.3 Å². The summed E-state index contributed by atoms with van der Waals surface area (Å²) in [5.74, 6) is 0.456. The van der Waals surface area contributed by atoms with E-state index in [4.69, 9.17) is 4.74 Å². The molecule has 0 fully saturated rings. The zero-order chi connectivity index (χ0) is 28.9. The molecule has 0 unspecified atom stereocenters. The summed E-state index contributed by atoms with van der Waals surface area (Å²) in [4.78, 5) is 24.0. The van der Waals surface area contributed by atoms with Gasteiger partial charge in [-0.3, -0.25) is 9.48 Å². The number of ether oxygens (including phenoxy) is 1. The minimum absolute atomic E-state index is 0.106. The fourth-order valence-corrected chi connectivity index (χ4v) is 4.98. The molecular weight excluding hydrogens is 543 g/mol. The second-order valence-electron chi connectivity index (χ2n) is 8.94. The van der Waals surface area contributed by atoms with Crippen molar-refractivity contribution in [2.24, 2.45) is 7.05 Å². The Morgan fingerprint density at radius 1 is 1.18 bits per heavy atom. The van der Waals surface area contributed by atoms with Crippen LogP contribution in [0.4, 0.5) is 30.5 Å². The van der Waals surface area contributed by atoms with Crippen LogP contribution in [-0.4, -0.2) is 70.2 Å². The van der Waals surface area contributed by atoms with Gasteiger partial charge in [0.05, 0.1) is 35.4 Å². The number of halogens is 3. The number of thioether (sulfide) groups is 1. The highest BCUT2D eigenvalue weighted by Crippen LogP contribution is 2.38. The lowest BCUT2D eigenvalue weighted by molar-refractivity contribution is -0.112. The smallest absolute Gasteiger partial charge is 0.409 e. The molecule has 13 heteroatoms. The molecule has 0 aliphatic carbocycles. The number of carbonyl (C=O) groups is 1. The molecule has 210 valence electrons. The molecule has 0 aliphatic rings. The number of alkyl halides is 3. The van der Waals surface area contributed by atoms with Gasteiger partial charge in [0.15, 0.2) is 0 Å². The molecule has 0 aliphatic heterocycles. The topological polar surface area (TPSA) is 97.2 Å². The molecule has 0 saturated carbocycles. The summed E-state index contributed by atoms with van der Waals surface area (Å²) in [6.07, 6.45) is -2.65. The van der Waals surface area contributed by atoms with Crippen molar-refractivity contribution in [3.63, 3.8) is 0 Å². The number of aromatic nitrogens is 4. The van der Waals surface area contributed by atoms with Crippen LogP contribution < -0.4 is 15.4 Å². The number of nitrogens with one attached hydrogen (secondary N) is 2. The molecule has 4 aromatic rings. The fraction of sp³-hybridized carbons (Fsp3) is 0.259. The van der Waals surface area contributed by atoms with E-state index in [1.165, 1.54) is 18.9 Å². The van der Waals surface area contributed by atoms with Crippen molar-refractivity contribution < 1.29 is 22.7 Å². The summed E-state index contributed by atoms with van der Waals surface area (Å²) < 4.78 is 45.2. The van der Waals surface area contributed by atoms with E-state index in [1.54, 1.807) is 29.1 Å². The van der Waals surface area contributed by atoms with E-state index in [0.29, 0.717) is 39.5 Å². The SMILES string of the molecule is COc1cc(SCCN(C)C)c(NC(=O)/C=C/C(F)(F)F)cc1Nc1nccc(-c2c3ccccc3nn2C)n1. The fourth-order valence-electron chi connectivity index (χ4n) is 3.85. The lowest BCUT2D eigenvalue weighted by Crippen LogP contribution is -2.15. The Hall–Kier alpha value is -4.10. The third-order valence-corrected chi connectivity index (χ3v) is 6.70. The lowest BCUT2D eigenvalue weighted by atomic mass is 10.1. The molecule has 0 spiro atoms. The molecule has 0 saturated heterocycles. The van der Waals surface area contributed by atoms with Gasteiger partial charge < -0.3 is 20.3 Å². The Balaban J connectivity index is 1.68. The van der Waals surface area contributed by atoms with Crippen LogP contribution in [0.5, 0.6) is 5.75 Å². The van der Waals surface area contributed by atoms with E-state index in [9.17, 15) is 18.0 Å². The number of anilines is 3.